The van der Waals surface area contributed by atoms with Crippen molar-refractivity contribution in [2.75, 3.05) is 5.32 Å². The van der Waals surface area contributed by atoms with E-state index >= 15 is 0 Å². The summed E-state index contributed by atoms with van der Waals surface area (Å²) in [4.78, 5) is 22.4. The van der Waals surface area contributed by atoms with Crippen molar-refractivity contribution in [2.45, 2.75) is 19.9 Å². The van der Waals surface area contributed by atoms with Gasteiger partial charge >= 0.3 is 12.0 Å². The lowest BCUT2D eigenvalue weighted by Crippen LogP contribution is -2.46. The van der Waals surface area contributed by atoms with Crippen LogP contribution in [0.2, 0.25) is 0 Å². The van der Waals surface area contributed by atoms with E-state index in [4.69, 9.17) is 5.11 Å². The van der Waals surface area contributed by atoms with Gasteiger partial charge in [-0.1, -0.05) is 13.8 Å². The SMILES string of the molecule is CC(C)[C@@H](NC(=O)Nc1cc(F)c(F)cc1F)C(=O)O. The third-order valence-corrected chi connectivity index (χ3v) is 2.48. The molecule has 1 aromatic carbocycles. The number of hydrogen-bond donors (Lipinski definition) is 3. The number of hydrogen-bond acceptors (Lipinski definition) is 2. The average molecular weight is 290 g/mol. The van der Waals surface area contributed by atoms with Crippen LogP contribution in [0.3, 0.4) is 0 Å². The van der Waals surface area contributed by atoms with Gasteiger partial charge in [0.25, 0.3) is 0 Å². The van der Waals surface area contributed by atoms with E-state index in [9.17, 15) is 22.8 Å². The van der Waals surface area contributed by atoms with Gasteiger partial charge in [0.1, 0.15) is 11.9 Å². The number of anilines is 1. The van der Waals surface area contributed by atoms with Gasteiger partial charge in [-0.3, -0.25) is 0 Å². The zero-order valence-corrected chi connectivity index (χ0v) is 10.7. The summed E-state index contributed by atoms with van der Waals surface area (Å²) in [7, 11) is 0. The highest BCUT2D eigenvalue weighted by molar-refractivity contribution is 5.92. The molecule has 2 amide bonds. The number of urea groups is 1. The highest BCUT2D eigenvalue weighted by atomic mass is 19.2. The maximum absolute atomic E-state index is 13.3. The highest BCUT2D eigenvalue weighted by Crippen LogP contribution is 2.18. The van der Waals surface area contributed by atoms with Gasteiger partial charge in [0.05, 0.1) is 5.69 Å². The summed E-state index contributed by atoms with van der Waals surface area (Å²) >= 11 is 0. The van der Waals surface area contributed by atoms with E-state index in [1.54, 1.807) is 13.8 Å². The minimum absolute atomic E-state index is 0.280. The number of rotatable bonds is 4. The van der Waals surface area contributed by atoms with Gasteiger partial charge in [-0.05, 0) is 5.92 Å². The molecule has 0 saturated carbocycles. The predicted octanol–water partition coefficient (Wildman–Crippen LogP) is 2.33. The number of benzene rings is 1. The van der Waals surface area contributed by atoms with E-state index in [2.05, 4.69) is 5.32 Å². The Morgan fingerprint density at radius 2 is 1.65 bits per heavy atom. The maximum Gasteiger partial charge on any atom is 0.326 e. The molecule has 5 nitrogen and oxygen atoms in total. The Hall–Kier alpha value is -2.25. The molecule has 0 aliphatic heterocycles. The van der Waals surface area contributed by atoms with Crippen molar-refractivity contribution in [1.29, 1.82) is 0 Å². The fourth-order valence-electron chi connectivity index (χ4n) is 1.43. The molecule has 0 unspecified atom stereocenters. The number of amides is 2. The molecule has 0 heterocycles. The Bertz CT molecular complexity index is 535. The molecule has 8 heteroatoms. The number of carbonyl (C=O) groups is 2. The van der Waals surface area contributed by atoms with Crippen LogP contribution < -0.4 is 10.6 Å². The summed E-state index contributed by atoms with van der Waals surface area (Å²) in [6, 6.07) is -1.48. The molecule has 110 valence electrons. The van der Waals surface area contributed by atoms with Crippen LogP contribution in [-0.2, 0) is 4.79 Å². The van der Waals surface area contributed by atoms with Gasteiger partial charge in [0, 0.05) is 12.1 Å². The van der Waals surface area contributed by atoms with Crippen LogP contribution in [0.5, 0.6) is 0 Å². The topological polar surface area (TPSA) is 78.4 Å². The smallest absolute Gasteiger partial charge is 0.326 e. The fourth-order valence-corrected chi connectivity index (χ4v) is 1.43. The molecule has 0 aromatic heterocycles. The summed E-state index contributed by atoms with van der Waals surface area (Å²) in [6.07, 6.45) is 0. The van der Waals surface area contributed by atoms with Gasteiger partial charge in [-0.15, -0.1) is 0 Å². The van der Waals surface area contributed by atoms with Gasteiger partial charge in [0.15, 0.2) is 11.6 Å². The van der Waals surface area contributed by atoms with Crippen molar-refractivity contribution in [1.82, 2.24) is 5.32 Å². The van der Waals surface area contributed by atoms with E-state index in [0.29, 0.717) is 6.07 Å². The molecule has 0 saturated heterocycles. The number of nitrogens with one attached hydrogen (secondary N) is 2. The molecule has 0 radical (unpaired) electrons. The van der Waals surface area contributed by atoms with Gasteiger partial charge < -0.3 is 15.7 Å². The monoisotopic (exact) mass is 290 g/mol. The molecule has 0 aliphatic carbocycles. The molecule has 1 atom stereocenters. The summed E-state index contributed by atoms with van der Waals surface area (Å²) in [5, 5.41) is 12.9. The van der Waals surface area contributed by atoms with Crippen LogP contribution in [0.1, 0.15) is 13.8 Å². The van der Waals surface area contributed by atoms with Crippen molar-refractivity contribution in [3.63, 3.8) is 0 Å². The molecule has 20 heavy (non-hydrogen) atoms. The first-order valence-corrected chi connectivity index (χ1v) is 5.67. The molecule has 1 aromatic rings. The largest absolute Gasteiger partial charge is 0.480 e. The van der Waals surface area contributed by atoms with Crippen LogP contribution in [0.25, 0.3) is 0 Å². The normalized spacial score (nSPS) is 12.1. The minimum atomic E-state index is -1.39. The zero-order chi connectivity index (χ0) is 15.4. The number of carboxylic acid groups (broad SMARTS) is 1. The molecule has 0 fully saturated rings. The van der Waals surface area contributed by atoms with Crippen LogP contribution in [-0.4, -0.2) is 23.1 Å². The Morgan fingerprint density at radius 3 is 2.15 bits per heavy atom. The Kier molecular flexibility index (Phi) is 4.95. The van der Waals surface area contributed by atoms with Crippen LogP contribution >= 0.6 is 0 Å². The van der Waals surface area contributed by atoms with Crippen LogP contribution in [0.15, 0.2) is 12.1 Å². The summed E-state index contributed by atoms with van der Waals surface area (Å²) in [6.45, 7) is 3.13. The van der Waals surface area contributed by atoms with E-state index in [1.165, 1.54) is 0 Å². The third-order valence-electron chi connectivity index (χ3n) is 2.48. The highest BCUT2D eigenvalue weighted by Gasteiger charge is 2.24. The van der Waals surface area contributed by atoms with Crippen molar-refractivity contribution in [2.24, 2.45) is 5.92 Å². The first kappa shape index (κ1) is 15.8. The Balaban J connectivity index is 2.81. The van der Waals surface area contributed by atoms with Crippen LogP contribution in [0, 0.1) is 23.4 Å². The predicted molar refractivity (Wildman–Crippen MR) is 64.7 cm³/mol. The van der Waals surface area contributed by atoms with Crippen molar-refractivity contribution < 1.29 is 27.9 Å². The standard InChI is InChI=1S/C12H13F3N2O3/c1-5(2)10(11(18)19)17-12(20)16-9-4-7(14)6(13)3-8(9)15/h3-5,10H,1-2H3,(H,18,19)(H2,16,17,20)/t10-/m1/s1. The van der Waals surface area contributed by atoms with E-state index in [1.807, 2.05) is 5.32 Å². The molecule has 0 spiro atoms. The number of halogens is 3. The van der Waals surface area contributed by atoms with Crippen LogP contribution in [0.4, 0.5) is 23.7 Å². The lowest BCUT2D eigenvalue weighted by molar-refractivity contribution is -0.140. The van der Waals surface area contributed by atoms with Crippen molar-refractivity contribution in [3.05, 3.63) is 29.6 Å². The van der Waals surface area contributed by atoms with E-state index in [0.717, 1.165) is 0 Å². The van der Waals surface area contributed by atoms with Gasteiger partial charge in [0.2, 0.25) is 0 Å². The second-order valence-electron chi connectivity index (χ2n) is 4.40. The zero-order valence-electron chi connectivity index (χ0n) is 10.7. The van der Waals surface area contributed by atoms with Gasteiger partial charge in [-0.25, -0.2) is 22.8 Å². The van der Waals surface area contributed by atoms with Crippen molar-refractivity contribution >= 4 is 17.7 Å². The third kappa shape index (κ3) is 3.87. The average Bonchev–Trinajstić information content (AvgIpc) is 2.32. The number of carboxylic acids is 1. The molecular formula is C12H13F3N2O3. The number of aliphatic carboxylic acids is 1. The second kappa shape index (κ2) is 6.27. The lowest BCUT2D eigenvalue weighted by atomic mass is 10.1. The quantitative estimate of drug-likeness (QED) is 0.745. The summed E-state index contributed by atoms with van der Waals surface area (Å²) in [5.41, 5.74) is -0.589. The first-order chi connectivity index (χ1) is 9.22. The fraction of sp³-hybridized carbons (Fsp3) is 0.333. The molecular weight excluding hydrogens is 277 g/mol. The number of carbonyl (C=O) groups excluding carboxylic acids is 1. The molecule has 0 bridgehead atoms. The van der Waals surface area contributed by atoms with Crippen molar-refractivity contribution in [3.8, 4) is 0 Å². The molecule has 1 rings (SSSR count). The first-order valence-electron chi connectivity index (χ1n) is 5.67. The van der Waals surface area contributed by atoms with E-state index in [-0.39, 0.29) is 6.07 Å². The minimum Gasteiger partial charge on any atom is -0.480 e. The Morgan fingerprint density at radius 1 is 1.10 bits per heavy atom. The second-order valence-corrected chi connectivity index (χ2v) is 4.40. The molecule has 3 N–H and O–H groups in total. The molecule has 0 aliphatic rings. The Labute approximate surface area is 112 Å². The maximum atomic E-state index is 13.3. The summed E-state index contributed by atoms with van der Waals surface area (Å²) < 4.78 is 38.9. The van der Waals surface area contributed by atoms with Gasteiger partial charge in [-0.2, -0.15) is 0 Å². The van der Waals surface area contributed by atoms with E-state index < -0.39 is 47.1 Å². The lowest BCUT2D eigenvalue weighted by Gasteiger charge is -2.18. The summed E-state index contributed by atoms with van der Waals surface area (Å²) in [5.74, 6) is -5.57.